The van der Waals surface area contributed by atoms with Gasteiger partial charge in [0.05, 0.1) is 5.56 Å². The van der Waals surface area contributed by atoms with Crippen LogP contribution in [-0.2, 0) is 17.4 Å². The molecule has 1 unspecified atom stereocenters. The summed E-state index contributed by atoms with van der Waals surface area (Å²) in [5.74, 6) is -0.438. The molecule has 0 radical (unpaired) electrons. The third-order valence-corrected chi connectivity index (χ3v) is 2.83. The summed E-state index contributed by atoms with van der Waals surface area (Å²) < 4.78 is 37.4. The van der Waals surface area contributed by atoms with Crippen LogP contribution in [-0.4, -0.2) is 11.9 Å². The maximum Gasteiger partial charge on any atom is 0.416 e. The van der Waals surface area contributed by atoms with Gasteiger partial charge in [-0.15, -0.1) is 0 Å². The van der Waals surface area contributed by atoms with Gasteiger partial charge in [-0.3, -0.25) is 4.79 Å². The summed E-state index contributed by atoms with van der Waals surface area (Å²) in [7, 11) is 0. The van der Waals surface area contributed by atoms with E-state index in [1.165, 1.54) is 6.07 Å². The van der Waals surface area contributed by atoms with Crippen LogP contribution in [0.25, 0.3) is 0 Å². The largest absolute Gasteiger partial charge is 0.416 e. The predicted octanol–water partition coefficient (Wildman–Crippen LogP) is 2.31. The molecule has 0 bridgehead atoms. The molecule has 0 saturated carbocycles. The summed E-state index contributed by atoms with van der Waals surface area (Å²) in [6.45, 7) is 0. The molecule has 3 nitrogen and oxygen atoms in total. The SMILES string of the molecule is O=C1Nc2cc(C(F)(F)F)ccc2CC1NCl. The normalized spacial score (nSPS) is 19.8. The van der Waals surface area contributed by atoms with Crippen LogP contribution in [0.1, 0.15) is 11.1 Å². The highest BCUT2D eigenvalue weighted by atomic mass is 35.5. The second kappa shape index (κ2) is 4.19. The van der Waals surface area contributed by atoms with Crippen LogP contribution in [0.4, 0.5) is 18.9 Å². The minimum atomic E-state index is -4.42. The van der Waals surface area contributed by atoms with Crippen molar-refractivity contribution >= 4 is 23.4 Å². The first-order valence-electron chi connectivity index (χ1n) is 4.79. The Hall–Kier alpha value is -1.27. The molecule has 1 atom stereocenters. The van der Waals surface area contributed by atoms with Gasteiger partial charge in [-0.25, -0.2) is 4.84 Å². The zero-order chi connectivity index (χ0) is 12.6. The van der Waals surface area contributed by atoms with Crippen LogP contribution in [0.15, 0.2) is 18.2 Å². The van der Waals surface area contributed by atoms with Gasteiger partial charge in [-0.05, 0) is 35.9 Å². The molecule has 0 fully saturated rings. The van der Waals surface area contributed by atoms with Gasteiger partial charge in [-0.2, -0.15) is 13.2 Å². The van der Waals surface area contributed by atoms with E-state index in [-0.39, 0.29) is 12.1 Å². The maximum atomic E-state index is 12.5. The monoisotopic (exact) mass is 264 g/mol. The molecule has 7 heteroatoms. The van der Waals surface area contributed by atoms with E-state index in [0.717, 1.165) is 12.1 Å². The molecule has 0 aromatic heterocycles. The van der Waals surface area contributed by atoms with Crippen molar-refractivity contribution in [3.05, 3.63) is 29.3 Å². The summed E-state index contributed by atoms with van der Waals surface area (Å²) in [6, 6.07) is 2.64. The highest BCUT2D eigenvalue weighted by Crippen LogP contribution is 2.33. The molecule has 2 N–H and O–H groups in total. The van der Waals surface area contributed by atoms with Gasteiger partial charge in [0.15, 0.2) is 0 Å². The number of alkyl halides is 3. The molecule has 1 aromatic rings. The van der Waals surface area contributed by atoms with Crippen LogP contribution >= 0.6 is 11.8 Å². The second-order valence-electron chi connectivity index (χ2n) is 3.72. The van der Waals surface area contributed by atoms with Crippen LogP contribution in [0.5, 0.6) is 0 Å². The van der Waals surface area contributed by atoms with E-state index in [2.05, 4.69) is 10.2 Å². The summed E-state index contributed by atoms with van der Waals surface area (Å²) in [4.78, 5) is 13.7. The van der Waals surface area contributed by atoms with Gasteiger partial charge in [0, 0.05) is 5.69 Å². The number of anilines is 1. The summed E-state index contributed by atoms with van der Waals surface area (Å²) in [5, 5.41) is 2.39. The number of benzene rings is 1. The lowest BCUT2D eigenvalue weighted by Gasteiger charge is -2.24. The van der Waals surface area contributed by atoms with E-state index in [0.29, 0.717) is 5.56 Å². The Balaban J connectivity index is 2.36. The van der Waals surface area contributed by atoms with Gasteiger partial charge in [0.2, 0.25) is 5.91 Å². The summed E-state index contributed by atoms with van der Waals surface area (Å²) in [5.41, 5.74) is 0.0255. The Morgan fingerprint density at radius 3 is 2.71 bits per heavy atom. The number of hydrogen-bond donors (Lipinski definition) is 2. The zero-order valence-corrected chi connectivity index (χ0v) is 9.19. The maximum absolute atomic E-state index is 12.5. The lowest BCUT2D eigenvalue weighted by atomic mass is 9.98. The highest BCUT2D eigenvalue weighted by Gasteiger charge is 2.33. The number of carbonyl (C=O) groups is 1. The average Bonchev–Trinajstić information content (AvgIpc) is 2.26. The number of amides is 1. The van der Waals surface area contributed by atoms with Crippen LogP contribution in [0, 0.1) is 0 Å². The van der Waals surface area contributed by atoms with Crippen molar-refractivity contribution < 1.29 is 18.0 Å². The van der Waals surface area contributed by atoms with Crippen LogP contribution in [0.3, 0.4) is 0 Å². The molecule has 2 rings (SSSR count). The third-order valence-electron chi connectivity index (χ3n) is 2.57. The van der Waals surface area contributed by atoms with Gasteiger partial charge < -0.3 is 5.32 Å². The minimum Gasteiger partial charge on any atom is -0.324 e. The van der Waals surface area contributed by atoms with Crippen LogP contribution < -0.4 is 10.2 Å². The number of fused-ring (bicyclic) bond motifs is 1. The standard InChI is InChI=1S/C10H8ClF3N2O/c11-16-8-3-5-1-2-6(10(12,13)14)4-7(5)15-9(8)17/h1-2,4,8,16H,3H2,(H,15,17). The minimum absolute atomic E-state index is 0.188. The Morgan fingerprint density at radius 2 is 2.12 bits per heavy atom. The molecule has 92 valence electrons. The Morgan fingerprint density at radius 1 is 1.41 bits per heavy atom. The molecule has 1 aliphatic heterocycles. The second-order valence-corrected chi connectivity index (χ2v) is 3.94. The molecule has 1 aromatic carbocycles. The van der Waals surface area contributed by atoms with E-state index in [4.69, 9.17) is 11.8 Å². The third kappa shape index (κ3) is 2.37. The number of hydrogen-bond acceptors (Lipinski definition) is 2. The molecular formula is C10H8ClF3N2O. The summed E-state index contributed by atoms with van der Waals surface area (Å²) >= 11 is 5.35. The van der Waals surface area contributed by atoms with E-state index < -0.39 is 23.7 Å². The van der Waals surface area contributed by atoms with Gasteiger partial charge in [-0.1, -0.05) is 6.07 Å². The fraction of sp³-hybridized carbons (Fsp3) is 0.300. The molecule has 1 heterocycles. The lowest BCUT2D eigenvalue weighted by molar-refractivity contribution is -0.137. The van der Waals surface area contributed by atoms with Gasteiger partial charge in [0.25, 0.3) is 0 Å². The smallest absolute Gasteiger partial charge is 0.324 e. The molecule has 0 saturated heterocycles. The topological polar surface area (TPSA) is 41.1 Å². The zero-order valence-electron chi connectivity index (χ0n) is 8.44. The number of rotatable bonds is 1. The number of halogens is 4. The van der Waals surface area contributed by atoms with Crippen molar-refractivity contribution in [3.63, 3.8) is 0 Å². The molecule has 1 aliphatic rings. The van der Waals surface area contributed by atoms with E-state index in [1.807, 2.05) is 0 Å². The van der Waals surface area contributed by atoms with Crippen molar-refractivity contribution in [1.29, 1.82) is 0 Å². The van der Waals surface area contributed by atoms with Crippen molar-refractivity contribution in [2.45, 2.75) is 18.6 Å². The number of nitrogens with one attached hydrogen (secondary N) is 2. The highest BCUT2D eigenvalue weighted by molar-refractivity contribution is 6.16. The Kier molecular flexibility index (Phi) is 3.01. The first-order valence-corrected chi connectivity index (χ1v) is 5.17. The van der Waals surface area contributed by atoms with Crippen molar-refractivity contribution in [2.24, 2.45) is 0 Å². The van der Waals surface area contributed by atoms with Crippen molar-refractivity contribution in [1.82, 2.24) is 4.84 Å². The van der Waals surface area contributed by atoms with Gasteiger partial charge >= 0.3 is 6.18 Å². The van der Waals surface area contributed by atoms with Crippen molar-refractivity contribution in [3.8, 4) is 0 Å². The fourth-order valence-corrected chi connectivity index (χ4v) is 1.84. The molecule has 1 amide bonds. The van der Waals surface area contributed by atoms with Crippen molar-refractivity contribution in [2.75, 3.05) is 5.32 Å². The Labute approximate surface area is 100 Å². The molecule has 17 heavy (non-hydrogen) atoms. The first kappa shape index (κ1) is 12.2. The fourth-order valence-electron chi connectivity index (χ4n) is 1.67. The molecular weight excluding hydrogens is 257 g/mol. The lowest BCUT2D eigenvalue weighted by Crippen LogP contribution is -2.41. The summed E-state index contributed by atoms with van der Waals surface area (Å²) in [6.07, 6.45) is -4.15. The molecule has 0 aliphatic carbocycles. The van der Waals surface area contributed by atoms with Crippen LogP contribution in [0.2, 0.25) is 0 Å². The Bertz CT molecular complexity index is 461. The van der Waals surface area contributed by atoms with E-state index in [1.54, 1.807) is 0 Å². The quantitative estimate of drug-likeness (QED) is 0.765. The predicted molar refractivity (Wildman–Crippen MR) is 56.6 cm³/mol. The average molecular weight is 265 g/mol. The van der Waals surface area contributed by atoms with E-state index >= 15 is 0 Å². The van der Waals surface area contributed by atoms with E-state index in [9.17, 15) is 18.0 Å². The first-order chi connectivity index (χ1) is 7.91. The molecule has 0 spiro atoms. The van der Waals surface area contributed by atoms with Gasteiger partial charge in [0.1, 0.15) is 6.04 Å². The number of carbonyl (C=O) groups excluding carboxylic acids is 1.